The number of aliphatic hydroxyl groups is 1. The molecule has 0 bridgehead atoms. The van der Waals surface area contributed by atoms with Crippen molar-refractivity contribution in [2.24, 2.45) is 11.7 Å². The predicted octanol–water partition coefficient (Wildman–Crippen LogP) is 1.49. The fourth-order valence-electron chi connectivity index (χ4n) is 2.62. The highest BCUT2D eigenvalue weighted by Gasteiger charge is 2.29. The molecule has 118 valence electrons. The van der Waals surface area contributed by atoms with Gasteiger partial charge < -0.3 is 10.8 Å². The van der Waals surface area contributed by atoms with Crippen LogP contribution in [0.25, 0.3) is 0 Å². The highest BCUT2D eigenvalue weighted by molar-refractivity contribution is 7.89. The Morgan fingerprint density at radius 3 is 2.62 bits per heavy atom. The van der Waals surface area contributed by atoms with Gasteiger partial charge in [-0.3, -0.25) is 0 Å². The first-order valence-electron chi connectivity index (χ1n) is 7.45. The van der Waals surface area contributed by atoms with Crippen LogP contribution in [0.1, 0.15) is 37.8 Å². The van der Waals surface area contributed by atoms with E-state index < -0.39 is 10.0 Å². The van der Waals surface area contributed by atoms with E-state index in [4.69, 9.17) is 10.8 Å². The van der Waals surface area contributed by atoms with Crippen LogP contribution < -0.4 is 5.73 Å². The van der Waals surface area contributed by atoms with E-state index in [1.165, 1.54) is 4.31 Å². The molecular weight excluding hydrogens is 288 g/mol. The second-order valence-electron chi connectivity index (χ2n) is 5.62. The van der Waals surface area contributed by atoms with Gasteiger partial charge in [0, 0.05) is 25.7 Å². The molecule has 6 heteroatoms. The Labute approximate surface area is 126 Å². The SMILES string of the molecule is CCC(N)c1cccc(S(=O)(=O)N2CCC(CO)CC2)c1. The molecule has 0 aromatic heterocycles. The molecule has 0 spiro atoms. The molecule has 21 heavy (non-hydrogen) atoms. The Kier molecular flexibility index (Phi) is 5.37. The highest BCUT2D eigenvalue weighted by atomic mass is 32.2. The van der Waals surface area contributed by atoms with Gasteiger partial charge in [0.2, 0.25) is 10.0 Å². The first kappa shape index (κ1) is 16.4. The molecule has 1 aromatic rings. The molecule has 1 unspecified atom stereocenters. The Morgan fingerprint density at radius 1 is 1.38 bits per heavy atom. The molecule has 1 atom stereocenters. The summed E-state index contributed by atoms with van der Waals surface area (Å²) in [5, 5.41) is 9.14. The third-order valence-electron chi connectivity index (χ3n) is 4.20. The molecule has 1 fully saturated rings. The Bertz CT molecular complexity index is 566. The van der Waals surface area contributed by atoms with Crippen LogP contribution in [0, 0.1) is 5.92 Å². The number of benzene rings is 1. The number of sulfonamides is 1. The average molecular weight is 312 g/mol. The second-order valence-corrected chi connectivity index (χ2v) is 7.56. The molecule has 1 aliphatic rings. The normalized spacial score (nSPS) is 19.6. The van der Waals surface area contributed by atoms with Gasteiger partial charge in [-0.05, 0) is 42.9 Å². The molecule has 0 saturated carbocycles. The maximum Gasteiger partial charge on any atom is 0.243 e. The number of aliphatic hydroxyl groups excluding tert-OH is 1. The highest BCUT2D eigenvalue weighted by Crippen LogP contribution is 2.25. The molecule has 2 rings (SSSR count). The Balaban J connectivity index is 2.20. The number of hydrogen-bond acceptors (Lipinski definition) is 4. The molecule has 1 saturated heterocycles. The third-order valence-corrected chi connectivity index (χ3v) is 6.09. The zero-order valence-corrected chi connectivity index (χ0v) is 13.2. The average Bonchev–Trinajstić information content (AvgIpc) is 2.54. The van der Waals surface area contributed by atoms with Gasteiger partial charge >= 0.3 is 0 Å². The minimum absolute atomic E-state index is 0.134. The zero-order chi connectivity index (χ0) is 15.5. The minimum atomic E-state index is -3.46. The van der Waals surface area contributed by atoms with Crippen molar-refractivity contribution in [3.05, 3.63) is 29.8 Å². The van der Waals surface area contributed by atoms with Gasteiger partial charge in [-0.25, -0.2) is 8.42 Å². The molecule has 3 N–H and O–H groups in total. The van der Waals surface area contributed by atoms with Crippen molar-refractivity contribution in [1.82, 2.24) is 4.31 Å². The van der Waals surface area contributed by atoms with Gasteiger partial charge in [0.1, 0.15) is 0 Å². The molecule has 5 nitrogen and oxygen atoms in total. The number of nitrogens with zero attached hydrogens (tertiary/aromatic N) is 1. The summed E-state index contributed by atoms with van der Waals surface area (Å²) in [4.78, 5) is 0.311. The quantitative estimate of drug-likeness (QED) is 0.863. The van der Waals surface area contributed by atoms with E-state index in [1.807, 2.05) is 13.0 Å². The first-order valence-corrected chi connectivity index (χ1v) is 8.89. The summed E-state index contributed by atoms with van der Waals surface area (Å²) in [7, 11) is -3.46. The maximum atomic E-state index is 12.7. The summed E-state index contributed by atoms with van der Waals surface area (Å²) in [6, 6.07) is 6.78. The third kappa shape index (κ3) is 3.63. The van der Waals surface area contributed by atoms with Gasteiger partial charge in [0.05, 0.1) is 4.90 Å². The fourth-order valence-corrected chi connectivity index (χ4v) is 4.15. The van der Waals surface area contributed by atoms with Crippen LogP contribution in [0.2, 0.25) is 0 Å². The van der Waals surface area contributed by atoms with E-state index in [-0.39, 0.29) is 18.6 Å². The number of nitrogens with two attached hydrogens (primary N) is 1. The summed E-state index contributed by atoms with van der Waals surface area (Å²) in [6.45, 7) is 3.05. The van der Waals surface area contributed by atoms with Crippen LogP contribution in [-0.2, 0) is 10.0 Å². The van der Waals surface area contributed by atoms with E-state index >= 15 is 0 Å². The lowest BCUT2D eigenvalue weighted by Crippen LogP contribution is -2.39. The Morgan fingerprint density at radius 2 is 2.05 bits per heavy atom. The van der Waals surface area contributed by atoms with Crippen LogP contribution in [0.3, 0.4) is 0 Å². The molecule has 1 heterocycles. The van der Waals surface area contributed by atoms with Crippen molar-refractivity contribution in [2.45, 2.75) is 37.1 Å². The summed E-state index contributed by atoms with van der Waals surface area (Å²) >= 11 is 0. The monoisotopic (exact) mass is 312 g/mol. The van der Waals surface area contributed by atoms with Crippen molar-refractivity contribution in [2.75, 3.05) is 19.7 Å². The summed E-state index contributed by atoms with van der Waals surface area (Å²) in [5.74, 6) is 0.219. The van der Waals surface area contributed by atoms with Crippen LogP contribution in [0.4, 0.5) is 0 Å². The van der Waals surface area contributed by atoms with Gasteiger partial charge in [-0.1, -0.05) is 19.1 Å². The van der Waals surface area contributed by atoms with Crippen LogP contribution in [0.15, 0.2) is 29.2 Å². The molecule has 0 aliphatic carbocycles. The summed E-state index contributed by atoms with van der Waals surface area (Å²) in [6.07, 6.45) is 2.19. The van der Waals surface area contributed by atoms with Crippen molar-refractivity contribution < 1.29 is 13.5 Å². The van der Waals surface area contributed by atoms with E-state index in [0.717, 1.165) is 12.0 Å². The van der Waals surface area contributed by atoms with E-state index in [2.05, 4.69) is 0 Å². The molecule has 1 aliphatic heterocycles. The van der Waals surface area contributed by atoms with Crippen LogP contribution in [-0.4, -0.2) is 37.5 Å². The van der Waals surface area contributed by atoms with Crippen LogP contribution >= 0.6 is 0 Å². The van der Waals surface area contributed by atoms with Crippen molar-refractivity contribution in [1.29, 1.82) is 0 Å². The topological polar surface area (TPSA) is 83.6 Å². The van der Waals surface area contributed by atoms with E-state index in [0.29, 0.717) is 30.8 Å². The van der Waals surface area contributed by atoms with Crippen molar-refractivity contribution >= 4 is 10.0 Å². The molecule has 0 radical (unpaired) electrons. The molecule has 0 amide bonds. The number of hydrogen-bond donors (Lipinski definition) is 2. The van der Waals surface area contributed by atoms with E-state index in [1.54, 1.807) is 18.2 Å². The van der Waals surface area contributed by atoms with E-state index in [9.17, 15) is 8.42 Å². The number of piperidine rings is 1. The Hall–Kier alpha value is -0.950. The molecular formula is C15H24N2O3S. The summed E-state index contributed by atoms with van der Waals surface area (Å²) < 4.78 is 26.8. The standard InChI is InChI=1S/C15H24N2O3S/c1-2-15(16)13-4-3-5-14(10-13)21(19,20)17-8-6-12(11-18)7-9-17/h3-5,10,12,15,18H,2,6-9,11,16H2,1H3. The van der Waals surface area contributed by atoms with Gasteiger partial charge in [0.15, 0.2) is 0 Å². The zero-order valence-electron chi connectivity index (χ0n) is 12.4. The van der Waals surface area contributed by atoms with Gasteiger partial charge in [0.25, 0.3) is 0 Å². The largest absolute Gasteiger partial charge is 0.396 e. The lowest BCUT2D eigenvalue weighted by Gasteiger charge is -2.30. The fraction of sp³-hybridized carbons (Fsp3) is 0.600. The van der Waals surface area contributed by atoms with Crippen molar-refractivity contribution in [3.63, 3.8) is 0 Å². The first-order chi connectivity index (χ1) is 9.98. The minimum Gasteiger partial charge on any atom is -0.396 e. The lowest BCUT2D eigenvalue weighted by molar-refractivity contribution is 0.170. The van der Waals surface area contributed by atoms with Gasteiger partial charge in [-0.15, -0.1) is 0 Å². The smallest absolute Gasteiger partial charge is 0.243 e. The predicted molar refractivity (Wildman–Crippen MR) is 82.2 cm³/mol. The maximum absolute atomic E-state index is 12.7. The molecule has 1 aromatic carbocycles. The second kappa shape index (κ2) is 6.87. The summed E-state index contributed by atoms with van der Waals surface area (Å²) in [5.41, 5.74) is 6.84. The van der Waals surface area contributed by atoms with Crippen molar-refractivity contribution in [3.8, 4) is 0 Å². The van der Waals surface area contributed by atoms with Crippen LogP contribution in [0.5, 0.6) is 0 Å². The van der Waals surface area contributed by atoms with Gasteiger partial charge in [-0.2, -0.15) is 4.31 Å². The lowest BCUT2D eigenvalue weighted by atomic mass is 10.00. The number of rotatable bonds is 5.